The Morgan fingerprint density at radius 2 is 2.05 bits per heavy atom. The van der Waals surface area contributed by atoms with E-state index in [1.807, 2.05) is 0 Å². The van der Waals surface area contributed by atoms with E-state index in [9.17, 15) is 4.79 Å². The quantitative estimate of drug-likeness (QED) is 0.872. The molecule has 0 spiro atoms. The Balaban J connectivity index is 1.52. The summed E-state index contributed by atoms with van der Waals surface area (Å²) in [6, 6.07) is 10.7. The predicted octanol–water partition coefficient (Wildman–Crippen LogP) is 1.85. The maximum absolute atomic E-state index is 12.3. The number of hydrogen-bond acceptors (Lipinski definition) is 3. The summed E-state index contributed by atoms with van der Waals surface area (Å²) in [5.41, 5.74) is 7.17. The van der Waals surface area contributed by atoms with Crippen LogP contribution in [0, 0.1) is 5.92 Å². The van der Waals surface area contributed by atoms with Crippen LogP contribution in [0.2, 0.25) is 0 Å². The molecule has 0 unspecified atom stereocenters. The molecule has 2 aliphatic rings. The Bertz CT molecular complexity index is 498. The molecule has 0 radical (unpaired) electrons. The molecule has 1 aliphatic carbocycles. The van der Waals surface area contributed by atoms with Gasteiger partial charge in [0.2, 0.25) is 5.91 Å². The molecule has 0 aromatic heterocycles. The SMILES string of the molecule is C[C@H](N)C(=O)N(C[C@@H]1CCN(Cc2ccccc2)C1)C1CC1. The van der Waals surface area contributed by atoms with Crippen molar-refractivity contribution in [2.75, 3.05) is 19.6 Å². The van der Waals surface area contributed by atoms with Crippen LogP contribution in [0.15, 0.2) is 30.3 Å². The number of rotatable bonds is 6. The number of nitrogens with two attached hydrogens (primary N) is 1. The topological polar surface area (TPSA) is 49.6 Å². The molecule has 4 nitrogen and oxygen atoms in total. The van der Waals surface area contributed by atoms with Gasteiger partial charge in [-0.2, -0.15) is 0 Å². The van der Waals surface area contributed by atoms with Crippen molar-refractivity contribution in [2.24, 2.45) is 11.7 Å². The first kappa shape index (κ1) is 15.5. The van der Waals surface area contributed by atoms with Crippen LogP contribution in [0.5, 0.6) is 0 Å². The minimum absolute atomic E-state index is 0.129. The Kier molecular flexibility index (Phi) is 4.79. The van der Waals surface area contributed by atoms with Gasteiger partial charge in [-0.1, -0.05) is 30.3 Å². The molecule has 1 saturated carbocycles. The Hall–Kier alpha value is -1.39. The van der Waals surface area contributed by atoms with Crippen molar-refractivity contribution in [3.05, 3.63) is 35.9 Å². The fourth-order valence-electron chi connectivity index (χ4n) is 3.39. The van der Waals surface area contributed by atoms with Gasteiger partial charge >= 0.3 is 0 Å². The van der Waals surface area contributed by atoms with Crippen LogP contribution < -0.4 is 5.73 Å². The zero-order valence-electron chi connectivity index (χ0n) is 13.4. The first-order valence-electron chi connectivity index (χ1n) is 8.46. The number of likely N-dealkylation sites (tertiary alicyclic amines) is 1. The van der Waals surface area contributed by atoms with E-state index >= 15 is 0 Å². The van der Waals surface area contributed by atoms with Gasteiger partial charge in [0.25, 0.3) is 0 Å². The summed E-state index contributed by atoms with van der Waals surface area (Å²) in [6.45, 7) is 5.92. The van der Waals surface area contributed by atoms with Crippen molar-refractivity contribution >= 4 is 5.91 Å². The zero-order valence-corrected chi connectivity index (χ0v) is 13.4. The normalized spacial score (nSPS) is 23.5. The second-order valence-corrected chi connectivity index (χ2v) is 6.89. The smallest absolute Gasteiger partial charge is 0.239 e. The molecule has 2 atom stereocenters. The molecule has 3 rings (SSSR count). The van der Waals surface area contributed by atoms with Crippen molar-refractivity contribution in [1.29, 1.82) is 0 Å². The van der Waals surface area contributed by atoms with Crippen molar-refractivity contribution in [1.82, 2.24) is 9.80 Å². The van der Waals surface area contributed by atoms with E-state index in [1.165, 1.54) is 12.0 Å². The molecule has 4 heteroatoms. The van der Waals surface area contributed by atoms with Crippen molar-refractivity contribution in [3.8, 4) is 0 Å². The van der Waals surface area contributed by atoms with Crippen LogP contribution in [0.25, 0.3) is 0 Å². The van der Waals surface area contributed by atoms with Gasteiger partial charge in [0.05, 0.1) is 6.04 Å². The highest BCUT2D eigenvalue weighted by Crippen LogP contribution is 2.30. The predicted molar refractivity (Wildman–Crippen MR) is 88.2 cm³/mol. The molecule has 2 N–H and O–H groups in total. The highest BCUT2D eigenvalue weighted by Gasteiger charge is 2.36. The highest BCUT2D eigenvalue weighted by atomic mass is 16.2. The van der Waals surface area contributed by atoms with Gasteiger partial charge in [0.1, 0.15) is 0 Å². The molecule has 1 aliphatic heterocycles. The lowest BCUT2D eigenvalue weighted by Gasteiger charge is -2.27. The third-order valence-electron chi connectivity index (χ3n) is 4.73. The summed E-state index contributed by atoms with van der Waals surface area (Å²) in [5, 5.41) is 0. The fourth-order valence-corrected chi connectivity index (χ4v) is 3.39. The summed E-state index contributed by atoms with van der Waals surface area (Å²) in [6.07, 6.45) is 3.49. The van der Waals surface area contributed by atoms with Crippen LogP contribution in [0.4, 0.5) is 0 Å². The highest BCUT2D eigenvalue weighted by molar-refractivity contribution is 5.81. The lowest BCUT2D eigenvalue weighted by atomic mass is 10.1. The molecule has 1 aromatic rings. The number of hydrogen-bond donors (Lipinski definition) is 1. The van der Waals surface area contributed by atoms with Gasteiger partial charge in [0.15, 0.2) is 0 Å². The van der Waals surface area contributed by atoms with E-state index in [1.54, 1.807) is 6.92 Å². The van der Waals surface area contributed by atoms with Gasteiger partial charge in [-0.05, 0) is 44.2 Å². The largest absolute Gasteiger partial charge is 0.338 e. The summed E-state index contributed by atoms with van der Waals surface area (Å²) >= 11 is 0. The number of carbonyl (C=O) groups excluding carboxylic acids is 1. The number of amides is 1. The molecule has 120 valence electrons. The van der Waals surface area contributed by atoms with Crippen molar-refractivity contribution in [3.63, 3.8) is 0 Å². The van der Waals surface area contributed by atoms with E-state index < -0.39 is 0 Å². The summed E-state index contributed by atoms with van der Waals surface area (Å²) in [5.74, 6) is 0.719. The summed E-state index contributed by atoms with van der Waals surface area (Å²) in [7, 11) is 0. The maximum atomic E-state index is 12.3. The fraction of sp³-hybridized carbons (Fsp3) is 0.611. The van der Waals surface area contributed by atoms with Gasteiger partial charge < -0.3 is 10.6 Å². The molecule has 22 heavy (non-hydrogen) atoms. The Labute approximate surface area is 133 Å². The van der Waals surface area contributed by atoms with Gasteiger partial charge in [0, 0.05) is 25.7 Å². The second kappa shape index (κ2) is 6.80. The molecule has 2 fully saturated rings. The minimum atomic E-state index is -0.373. The number of nitrogens with zero attached hydrogens (tertiary/aromatic N) is 2. The summed E-state index contributed by atoms with van der Waals surface area (Å²) < 4.78 is 0. The molecule has 0 bridgehead atoms. The first-order chi connectivity index (χ1) is 10.6. The lowest BCUT2D eigenvalue weighted by Crippen LogP contribution is -2.45. The Morgan fingerprint density at radius 1 is 1.32 bits per heavy atom. The molecule has 1 heterocycles. The zero-order chi connectivity index (χ0) is 15.5. The van der Waals surface area contributed by atoms with Crippen LogP contribution in [0.3, 0.4) is 0 Å². The maximum Gasteiger partial charge on any atom is 0.239 e. The van der Waals surface area contributed by atoms with Crippen molar-refractivity contribution in [2.45, 2.75) is 44.8 Å². The lowest BCUT2D eigenvalue weighted by molar-refractivity contribution is -0.133. The van der Waals surface area contributed by atoms with Crippen molar-refractivity contribution < 1.29 is 4.79 Å². The molecular formula is C18H27N3O. The third kappa shape index (κ3) is 3.87. The second-order valence-electron chi connectivity index (χ2n) is 6.89. The van der Waals surface area contributed by atoms with Crippen LogP contribution in [-0.4, -0.2) is 47.4 Å². The molecule has 1 saturated heterocycles. The van der Waals surface area contributed by atoms with Crippen LogP contribution in [0.1, 0.15) is 31.7 Å². The van der Waals surface area contributed by atoms with Crippen LogP contribution >= 0.6 is 0 Å². The first-order valence-corrected chi connectivity index (χ1v) is 8.46. The van der Waals surface area contributed by atoms with Gasteiger partial charge in [-0.15, -0.1) is 0 Å². The van der Waals surface area contributed by atoms with E-state index in [4.69, 9.17) is 5.73 Å². The van der Waals surface area contributed by atoms with E-state index in [0.717, 1.165) is 39.0 Å². The monoisotopic (exact) mass is 301 g/mol. The average Bonchev–Trinajstić information content (AvgIpc) is 3.26. The number of carbonyl (C=O) groups is 1. The third-order valence-corrected chi connectivity index (χ3v) is 4.73. The van der Waals surface area contributed by atoms with E-state index in [2.05, 4.69) is 40.1 Å². The average molecular weight is 301 g/mol. The standard InChI is InChI=1S/C18H27N3O/c1-14(19)18(22)21(17-7-8-17)13-16-9-10-20(12-16)11-15-5-3-2-4-6-15/h2-6,14,16-17H,7-13,19H2,1H3/t14-,16+/m0/s1. The molecular weight excluding hydrogens is 274 g/mol. The molecule has 1 aromatic carbocycles. The van der Waals surface area contributed by atoms with E-state index in [0.29, 0.717) is 12.0 Å². The van der Waals surface area contributed by atoms with Gasteiger partial charge in [-0.25, -0.2) is 0 Å². The van der Waals surface area contributed by atoms with Gasteiger partial charge in [-0.3, -0.25) is 9.69 Å². The minimum Gasteiger partial charge on any atom is -0.338 e. The van der Waals surface area contributed by atoms with Crippen LogP contribution in [-0.2, 0) is 11.3 Å². The number of benzene rings is 1. The summed E-state index contributed by atoms with van der Waals surface area (Å²) in [4.78, 5) is 16.8. The van der Waals surface area contributed by atoms with E-state index in [-0.39, 0.29) is 11.9 Å². The molecule has 1 amide bonds. The Morgan fingerprint density at radius 3 is 2.68 bits per heavy atom.